The first-order valence-corrected chi connectivity index (χ1v) is 13.8. The number of carbonyl (C=O) groups excluding carboxylic acids is 2. The first-order chi connectivity index (χ1) is 19.1. The molecule has 0 aromatic heterocycles. The van der Waals surface area contributed by atoms with Gasteiger partial charge < -0.3 is 19.1 Å². The Kier molecular flexibility index (Phi) is 8.28. The highest BCUT2D eigenvalue weighted by Gasteiger charge is 2.49. The molecule has 2 aromatic carbocycles. The van der Waals surface area contributed by atoms with Crippen LogP contribution in [0, 0.1) is 11.6 Å². The molecule has 40 heavy (non-hydrogen) atoms. The zero-order valence-corrected chi connectivity index (χ0v) is 23.3. The molecule has 2 saturated heterocycles. The van der Waals surface area contributed by atoms with Crippen LogP contribution in [0.3, 0.4) is 0 Å². The van der Waals surface area contributed by atoms with E-state index in [1.165, 1.54) is 11.0 Å². The fourth-order valence-electron chi connectivity index (χ4n) is 5.25. The third-order valence-corrected chi connectivity index (χ3v) is 7.56. The summed E-state index contributed by atoms with van der Waals surface area (Å²) in [6.07, 6.45) is -0.186. The molecule has 2 aliphatic heterocycles. The molecule has 2 atom stereocenters. The molecule has 0 radical (unpaired) electrons. The standard InChI is InChI=1S/C30H37F2N3O5/c1-30(2,3)40-29(37)35(16-27(36)34-11-9-33(10-12-34)22-18-38-19-22)26-15-23(26)24-13-21(31)14-25(32)28(24)39-17-20-7-5-4-6-8-20/h4-8,13-14,22-23,26H,9-12,15-19H2,1-3H3/t23-,26+/m0/s1. The molecule has 1 saturated carbocycles. The van der Waals surface area contributed by atoms with E-state index in [0.29, 0.717) is 31.1 Å². The van der Waals surface area contributed by atoms with Crippen LogP contribution in [0.5, 0.6) is 5.75 Å². The van der Waals surface area contributed by atoms with Crippen molar-refractivity contribution < 1.29 is 32.6 Å². The molecule has 1 aliphatic carbocycles. The number of rotatable bonds is 8. The van der Waals surface area contributed by atoms with Gasteiger partial charge in [0.15, 0.2) is 11.6 Å². The lowest BCUT2D eigenvalue weighted by molar-refractivity contribution is -0.136. The molecule has 3 fully saturated rings. The van der Waals surface area contributed by atoms with Gasteiger partial charge in [-0.15, -0.1) is 0 Å². The summed E-state index contributed by atoms with van der Waals surface area (Å²) in [7, 11) is 0. The zero-order valence-electron chi connectivity index (χ0n) is 23.3. The maximum absolute atomic E-state index is 14.9. The van der Waals surface area contributed by atoms with E-state index < -0.39 is 35.3 Å². The number of halogens is 2. The molecule has 2 amide bonds. The van der Waals surface area contributed by atoms with E-state index in [0.717, 1.165) is 37.9 Å². The van der Waals surface area contributed by atoms with Crippen molar-refractivity contribution in [3.8, 4) is 5.75 Å². The van der Waals surface area contributed by atoms with Gasteiger partial charge in [-0.1, -0.05) is 30.3 Å². The van der Waals surface area contributed by atoms with E-state index >= 15 is 0 Å². The van der Waals surface area contributed by atoms with Gasteiger partial charge in [0.05, 0.1) is 19.3 Å². The largest absolute Gasteiger partial charge is 0.486 e. The minimum absolute atomic E-state index is 0.0377. The highest BCUT2D eigenvalue weighted by atomic mass is 19.1. The number of piperazine rings is 1. The topological polar surface area (TPSA) is 71.6 Å². The number of nitrogens with zero attached hydrogens (tertiary/aromatic N) is 3. The normalized spacial score (nSPS) is 21.5. The third kappa shape index (κ3) is 6.72. The van der Waals surface area contributed by atoms with Crippen molar-refractivity contribution >= 4 is 12.0 Å². The fraction of sp³-hybridized carbons (Fsp3) is 0.533. The highest BCUT2D eigenvalue weighted by molar-refractivity contribution is 5.83. The lowest BCUT2D eigenvalue weighted by Crippen LogP contribution is -2.58. The molecule has 2 aromatic rings. The van der Waals surface area contributed by atoms with Gasteiger partial charge in [0.25, 0.3) is 0 Å². The van der Waals surface area contributed by atoms with E-state index in [-0.39, 0.29) is 24.8 Å². The van der Waals surface area contributed by atoms with Gasteiger partial charge in [-0.3, -0.25) is 14.6 Å². The van der Waals surface area contributed by atoms with E-state index in [1.807, 2.05) is 30.3 Å². The summed E-state index contributed by atoms with van der Waals surface area (Å²) < 4.78 is 46.1. The number of hydrogen-bond acceptors (Lipinski definition) is 6. The number of amides is 2. The van der Waals surface area contributed by atoms with Crippen molar-refractivity contribution in [3.63, 3.8) is 0 Å². The monoisotopic (exact) mass is 557 g/mol. The van der Waals surface area contributed by atoms with Crippen LogP contribution in [-0.4, -0.2) is 90.3 Å². The van der Waals surface area contributed by atoms with E-state index in [2.05, 4.69) is 4.90 Å². The van der Waals surface area contributed by atoms with Crippen molar-refractivity contribution in [1.82, 2.24) is 14.7 Å². The van der Waals surface area contributed by atoms with Gasteiger partial charge in [0.2, 0.25) is 5.91 Å². The second kappa shape index (κ2) is 11.7. The Morgan fingerprint density at radius 3 is 2.38 bits per heavy atom. The second-order valence-corrected chi connectivity index (χ2v) is 11.7. The van der Waals surface area contributed by atoms with Crippen molar-refractivity contribution in [2.45, 2.75) is 57.4 Å². The van der Waals surface area contributed by atoms with E-state index in [4.69, 9.17) is 14.2 Å². The van der Waals surface area contributed by atoms with Crippen LogP contribution in [-0.2, 0) is 20.9 Å². The number of carbonyl (C=O) groups is 2. The average Bonchev–Trinajstić information content (AvgIpc) is 3.65. The summed E-state index contributed by atoms with van der Waals surface area (Å²) in [5, 5.41) is 0. The van der Waals surface area contributed by atoms with Gasteiger partial charge >= 0.3 is 6.09 Å². The first-order valence-electron chi connectivity index (χ1n) is 13.8. The lowest BCUT2D eigenvalue weighted by Gasteiger charge is -2.42. The average molecular weight is 558 g/mol. The molecule has 3 aliphatic rings. The number of benzene rings is 2. The smallest absolute Gasteiger partial charge is 0.411 e. The second-order valence-electron chi connectivity index (χ2n) is 11.7. The van der Waals surface area contributed by atoms with Gasteiger partial charge in [-0.25, -0.2) is 13.6 Å². The van der Waals surface area contributed by atoms with Crippen LogP contribution >= 0.6 is 0 Å². The van der Waals surface area contributed by atoms with Crippen LogP contribution in [0.1, 0.15) is 44.2 Å². The Morgan fingerprint density at radius 2 is 1.75 bits per heavy atom. The Bertz CT molecular complexity index is 1210. The third-order valence-electron chi connectivity index (χ3n) is 7.56. The molecule has 0 spiro atoms. The van der Waals surface area contributed by atoms with E-state index in [9.17, 15) is 18.4 Å². The summed E-state index contributed by atoms with van der Waals surface area (Å²) in [6.45, 7) is 9.31. The Hall–Kier alpha value is -3.24. The molecule has 216 valence electrons. The minimum Gasteiger partial charge on any atom is -0.486 e. The molecule has 8 nitrogen and oxygen atoms in total. The molecule has 2 heterocycles. The van der Waals surface area contributed by atoms with Crippen molar-refractivity contribution in [1.29, 1.82) is 0 Å². The molecule has 10 heteroatoms. The molecule has 0 bridgehead atoms. The maximum atomic E-state index is 14.9. The zero-order chi connectivity index (χ0) is 28.4. The SMILES string of the molecule is CC(C)(C)OC(=O)N(CC(=O)N1CCN(C2COC2)CC1)[C@@H]1C[C@H]1c1cc(F)cc(F)c1OCc1ccccc1. The molecular formula is C30H37F2N3O5. The van der Waals surface area contributed by atoms with Crippen LogP contribution < -0.4 is 4.74 Å². The lowest BCUT2D eigenvalue weighted by atomic mass is 10.1. The van der Waals surface area contributed by atoms with Crippen LogP contribution in [0.2, 0.25) is 0 Å². The number of ether oxygens (including phenoxy) is 3. The summed E-state index contributed by atoms with van der Waals surface area (Å²) in [5.41, 5.74) is 0.417. The van der Waals surface area contributed by atoms with Crippen LogP contribution in [0.25, 0.3) is 0 Å². The van der Waals surface area contributed by atoms with Crippen LogP contribution in [0.4, 0.5) is 13.6 Å². The van der Waals surface area contributed by atoms with Gasteiger partial charge in [-0.05, 0) is 38.8 Å². The van der Waals surface area contributed by atoms with Crippen molar-refractivity contribution in [3.05, 3.63) is 65.2 Å². The number of hydrogen-bond donors (Lipinski definition) is 0. The summed E-state index contributed by atoms with van der Waals surface area (Å²) in [4.78, 5) is 32.1. The highest BCUT2D eigenvalue weighted by Crippen LogP contribution is 2.49. The van der Waals surface area contributed by atoms with Crippen molar-refractivity contribution in [2.75, 3.05) is 45.9 Å². The quantitative estimate of drug-likeness (QED) is 0.485. The van der Waals surface area contributed by atoms with Gasteiger partial charge in [-0.2, -0.15) is 0 Å². The van der Waals surface area contributed by atoms with Gasteiger partial charge in [0.1, 0.15) is 24.6 Å². The molecular weight excluding hydrogens is 520 g/mol. The molecule has 0 unspecified atom stereocenters. The Labute approximate surface area is 233 Å². The van der Waals surface area contributed by atoms with Crippen molar-refractivity contribution in [2.24, 2.45) is 0 Å². The first kappa shape index (κ1) is 28.3. The predicted molar refractivity (Wildman–Crippen MR) is 144 cm³/mol. The van der Waals surface area contributed by atoms with Crippen LogP contribution in [0.15, 0.2) is 42.5 Å². The summed E-state index contributed by atoms with van der Waals surface area (Å²) in [5.74, 6) is -2.13. The Morgan fingerprint density at radius 1 is 1.05 bits per heavy atom. The van der Waals surface area contributed by atoms with E-state index in [1.54, 1.807) is 25.7 Å². The maximum Gasteiger partial charge on any atom is 0.411 e. The van der Waals surface area contributed by atoms with Gasteiger partial charge in [0, 0.05) is 49.8 Å². The molecule has 0 N–H and O–H groups in total. The predicted octanol–water partition coefficient (Wildman–Crippen LogP) is 4.18. The summed E-state index contributed by atoms with van der Waals surface area (Å²) in [6, 6.07) is 11.3. The minimum atomic E-state index is -0.800. The molecule has 5 rings (SSSR count). The Balaban J connectivity index is 1.30. The summed E-state index contributed by atoms with van der Waals surface area (Å²) >= 11 is 0. The fourth-order valence-corrected chi connectivity index (χ4v) is 5.25.